The number of ether oxygens (including phenoxy) is 1. The van der Waals surface area contributed by atoms with E-state index in [9.17, 15) is 4.79 Å². The Kier molecular flexibility index (Phi) is 5.09. The van der Waals surface area contributed by atoms with Gasteiger partial charge < -0.3 is 18.5 Å². The van der Waals surface area contributed by atoms with Crippen molar-refractivity contribution in [2.45, 2.75) is 19.7 Å². The number of furan rings is 2. The van der Waals surface area contributed by atoms with Crippen molar-refractivity contribution >= 4 is 28.2 Å². The molecular formula is C21H19NO4S. The molecule has 0 radical (unpaired) electrons. The van der Waals surface area contributed by atoms with Crippen LogP contribution in [0.15, 0.2) is 69.0 Å². The minimum absolute atomic E-state index is 0.178. The van der Waals surface area contributed by atoms with Gasteiger partial charge in [0.2, 0.25) is 0 Å². The molecule has 6 heteroatoms. The molecule has 3 aromatic heterocycles. The van der Waals surface area contributed by atoms with Crippen LogP contribution in [0.4, 0.5) is 0 Å². The number of nitrogens with zero attached hydrogens (tertiary/aromatic N) is 1. The number of hydrogen-bond donors (Lipinski definition) is 0. The van der Waals surface area contributed by atoms with Gasteiger partial charge in [-0.25, -0.2) is 0 Å². The second kappa shape index (κ2) is 7.82. The molecule has 0 N–H and O–H groups in total. The van der Waals surface area contributed by atoms with Crippen molar-refractivity contribution in [3.63, 3.8) is 0 Å². The number of benzene rings is 1. The number of carbonyl (C=O) groups excluding carboxylic acids is 1. The number of amides is 1. The van der Waals surface area contributed by atoms with Crippen LogP contribution in [0.3, 0.4) is 0 Å². The lowest BCUT2D eigenvalue weighted by molar-refractivity contribution is 0.0683. The highest BCUT2D eigenvalue weighted by molar-refractivity contribution is 7.09. The zero-order valence-electron chi connectivity index (χ0n) is 14.9. The maximum absolute atomic E-state index is 13.4. The molecule has 0 unspecified atom stereocenters. The minimum atomic E-state index is -0.178. The number of carbonyl (C=O) groups is 1. The Morgan fingerprint density at radius 2 is 2.00 bits per heavy atom. The van der Waals surface area contributed by atoms with Crippen molar-refractivity contribution in [1.29, 1.82) is 0 Å². The lowest BCUT2D eigenvalue weighted by Crippen LogP contribution is -2.30. The maximum atomic E-state index is 13.4. The van der Waals surface area contributed by atoms with Crippen molar-refractivity contribution in [1.82, 2.24) is 4.90 Å². The molecule has 3 heterocycles. The first kappa shape index (κ1) is 17.6. The molecule has 5 nitrogen and oxygen atoms in total. The summed E-state index contributed by atoms with van der Waals surface area (Å²) < 4.78 is 16.7. The molecule has 0 bridgehead atoms. The van der Waals surface area contributed by atoms with E-state index in [-0.39, 0.29) is 5.91 Å². The monoisotopic (exact) mass is 381 g/mol. The van der Waals surface area contributed by atoms with E-state index in [1.54, 1.807) is 29.6 Å². The molecule has 0 aliphatic carbocycles. The molecule has 0 saturated carbocycles. The topological polar surface area (TPSA) is 55.8 Å². The third kappa shape index (κ3) is 3.67. The van der Waals surface area contributed by atoms with E-state index >= 15 is 0 Å². The number of fused-ring (bicyclic) bond motifs is 1. The van der Waals surface area contributed by atoms with Crippen LogP contribution in [0.1, 0.15) is 26.8 Å². The van der Waals surface area contributed by atoms with Crippen LogP contribution in [-0.4, -0.2) is 17.9 Å². The van der Waals surface area contributed by atoms with Crippen molar-refractivity contribution < 1.29 is 18.4 Å². The minimum Gasteiger partial charge on any atom is -0.467 e. The highest BCUT2D eigenvalue weighted by Gasteiger charge is 2.26. The molecule has 0 fully saturated rings. The number of para-hydroxylation sites is 1. The quantitative estimate of drug-likeness (QED) is 0.448. The number of rotatable bonds is 7. The number of thiophene rings is 1. The lowest BCUT2D eigenvalue weighted by atomic mass is 10.1. The average Bonchev–Trinajstić information content (AvgIpc) is 3.43. The van der Waals surface area contributed by atoms with Crippen LogP contribution in [0.25, 0.3) is 11.0 Å². The second-order valence-electron chi connectivity index (χ2n) is 6.16. The maximum Gasteiger partial charge on any atom is 0.290 e. The highest BCUT2D eigenvalue weighted by Crippen LogP contribution is 2.29. The van der Waals surface area contributed by atoms with Crippen LogP contribution in [0.5, 0.6) is 0 Å². The summed E-state index contributed by atoms with van der Waals surface area (Å²) in [5, 5.41) is 2.90. The van der Waals surface area contributed by atoms with E-state index in [1.807, 2.05) is 53.9 Å². The van der Waals surface area contributed by atoms with Crippen molar-refractivity contribution in [3.8, 4) is 0 Å². The molecule has 4 aromatic rings. The first-order valence-corrected chi connectivity index (χ1v) is 9.47. The van der Waals surface area contributed by atoms with Gasteiger partial charge in [0, 0.05) is 22.9 Å². The summed E-state index contributed by atoms with van der Waals surface area (Å²) in [7, 11) is 1.61. The third-order valence-electron chi connectivity index (χ3n) is 4.32. The third-order valence-corrected chi connectivity index (χ3v) is 5.18. The van der Waals surface area contributed by atoms with Gasteiger partial charge in [0.1, 0.15) is 11.3 Å². The molecule has 0 saturated heterocycles. The Labute approximate surface area is 160 Å². The molecule has 0 atom stereocenters. The summed E-state index contributed by atoms with van der Waals surface area (Å²) >= 11 is 1.62. The first-order chi connectivity index (χ1) is 13.3. The second-order valence-corrected chi connectivity index (χ2v) is 7.19. The van der Waals surface area contributed by atoms with Crippen molar-refractivity contribution in [3.05, 3.63) is 82.1 Å². The highest BCUT2D eigenvalue weighted by atomic mass is 32.1. The summed E-state index contributed by atoms with van der Waals surface area (Å²) in [6.07, 6.45) is 1.61. The van der Waals surface area contributed by atoms with E-state index in [2.05, 4.69) is 0 Å². The average molecular weight is 381 g/mol. The standard InChI is InChI=1S/C21H19NO4S/c1-24-14-18-17-8-2-3-9-19(17)26-20(18)21(23)22(12-15-6-4-10-25-15)13-16-7-5-11-27-16/h2-11H,12-14H2,1H3. The first-order valence-electron chi connectivity index (χ1n) is 8.59. The predicted octanol–water partition coefficient (Wildman–Crippen LogP) is 5.08. The molecule has 27 heavy (non-hydrogen) atoms. The normalized spacial score (nSPS) is 11.1. The Morgan fingerprint density at radius 3 is 2.74 bits per heavy atom. The van der Waals surface area contributed by atoms with Gasteiger partial charge in [-0.1, -0.05) is 24.3 Å². The predicted molar refractivity (Wildman–Crippen MR) is 104 cm³/mol. The largest absolute Gasteiger partial charge is 0.467 e. The zero-order valence-corrected chi connectivity index (χ0v) is 15.7. The van der Waals surface area contributed by atoms with Gasteiger partial charge in [0.25, 0.3) is 5.91 Å². The summed E-state index contributed by atoms with van der Waals surface area (Å²) in [4.78, 5) is 16.2. The van der Waals surface area contributed by atoms with Crippen LogP contribution < -0.4 is 0 Å². The van der Waals surface area contributed by atoms with Crippen molar-refractivity contribution in [2.75, 3.05) is 7.11 Å². The van der Waals surface area contributed by atoms with Gasteiger partial charge in [0.15, 0.2) is 5.76 Å². The van der Waals surface area contributed by atoms with Crippen LogP contribution in [0, 0.1) is 0 Å². The van der Waals surface area contributed by atoms with Gasteiger partial charge in [-0.15, -0.1) is 11.3 Å². The van der Waals surface area contributed by atoms with Crippen LogP contribution in [0.2, 0.25) is 0 Å². The fraction of sp³-hybridized carbons (Fsp3) is 0.190. The van der Waals surface area contributed by atoms with E-state index in [0.717, 1.165) is 21.6 Å². The molecule has 4 rings (SSSR count). The Balaban J connectivity index is 1.72. The molecule has 0 aliphatic rings. The Morgan fingerprint density at radius 1 is 1.11 bits per heavy atom. The Bertz CT molecular complexity index is 982. The van der Waals surface area contributed by atoms with Crippen LogP contribution >= 0.6 is 11.3 Å². The summed E-state index contributed by atoms with van der Waals surface area (Å²) in [6.45, 7) is 1.17. The van der Waals surface area contributed by atoms with E-state index in [0.29, 0.717) is 31.0 Å². The smallest absolute Gasteiger partial charge is 0.290 e. The summed E-state index contributed by atoms with van der Waals surface area (Å²) in [5.74, 6) is 0.869. The number of hydrogen-bond acceptors (Lipinski definition) is 5. The van der Waals surface area contributed by atoms with Gasteiger partial charge >= 0.3 is 0 Å². The number of methoxy groups -OCH3 is 1. The van der Waals surface area contributed by atoms with Crippen LogP contribution in [-0.2, 0) is 24.4 Å². The fourth-order valence-corrected chi connectivity index (χ4v) is 3.80. The Hall–Kier alpha value is -2.83. The summed E-state index contributed by atoms with van der Waals surface area (Å²) in [6, 6.07) is 15.3. The van der Waals surface area contributed by atoms with Gasteiger partial charge in [-0.3, -0.25) is 4.79 Å². The SMILES string of the molecule is COCc1c(C(=O)N(Cc2ccco2)Cc2cccs2)oc2ccccc12. The zero-order chi connectivity index (χ0) is 18.6. The van der Waals surface area contributed by atoms with Gasteiger partial charge in [0.05, 0.1) is 26.0 Å². The van der Waals surface area contributed by atoms with E-state index < -0.39 is 0 Å². The fourth-order valence-electron chi connectivity index (χ4n) is 3.08. The summed E-state index contributed by atoms with van der Waals surface area (Å²) in [5.41, 5.74) is 1.45. The van der Waals surface area contributed by atoms with Gasteiger partial charge in [-0.05, 0) is 29.6 Å². The van der Waals surface area contributed by atoms with E-state index in [1.165, 1.54) is 0 Å². The van der Waals surface area contributed by atoms with Gasteiger partial charge in [-0.2, -0.15) is 0 Å². The molecule has 0 aliphatic heterocycles. The van der Waals surface area contributed by atoms with E-state index in [4.69, 9.17) is 13.6 Å². The molecule has 1 amide bonds. The van der Waals surface area contributed by atoms with Crippen molar-refractivity contribution in [2.24, 2.45) is 0 Å². The lowest BCUT2D eigenvalue weighted by Gasteiger charge is -2.20. The molecule has 0 spiro atoms. The molecule has 1 aromatic carbocycles. The molecular weight excluding hydrogens is 362 g/mol. The molecule has 138 valence electrons.